The molecule has 2 amide bonds. The third kappa shape index (κ3) is 5.59. The van der Waals surface area contributed by atoms with Gasteiger partial charge in [-0.15, -0.1) is 11.3 Å². The first-order valence-electron chi connectivity index (χ1n) is 9.42. The monoisotopic (exact) mass is 404 g/mol. The van der Waals surface area contributed by atoms with Gasteiger partial charge in [0.2, 0.25) is 11.8 Å². The predicted octanol–water partition coefficient (Wildman–Crippen LogP) is 3.08. The molecule has 0 aliphatic carbocycles. The van der Waals surface area contributed by atoms with Gasteiger partial charge in [-0.2, -0.15) is 0 Å². The van der Waals surface area contributed by atoms with Gasteiger partial charge in [0, 0.05) is 43.5 Å². The second kappa shape index (κ2) is 9.25. The summed E-state index contributed by atoms with van der Waals surface area (Å²) in [6.45, 7) is 7.05. The number of carbonyl (C=O) groups is 2. The minimum Gasteiger partial charge on any atom is -0.340 e. The van der Waals surface area contributed by atoms with Crippen LogP contribution in [0.15, 0.2) is 29.6 Å². The minimum absolute atomic E-state index is 0.123. The Hall–Kier alpha value is -2.32. The van der Waals surface area contributed by atoms with Crippen molar-refractivity contribution in [3.05, 3.63) is 35.5 Å². The van der Waals surface area contributed by atoms with Gasteiger partial charge in [0.25, 0.3) is 0 Å². The smallest absolute Gasteiger partial charge is 0.240 e. The summed E-state index contributed by atoms with van der Waals surface area (Å²) in [6, 6.07) is 6.10. The van der Waals surface area contributed by atoms with E-state index in [1.54, 1.807) is 12.1 Å². The molecule has 1 aliphatic rings. The predicted molar refractivity (Wildman–Crippen MR) is 109 cm³/mol. The summed E-state index contributed by atoms with van der Waals surface area (Å²) in [6.07, 6.45) is 0.570. The highest BCUT2D eigenvalue weighted by Crippen LogP contribution is 2.25. The molecule has 8 heteroatoms. The summed E-state index contributed by atoms with van der Waals surface area (Å²) < 4.78 is 13.0. The fraction of sp³-hybridized carbons (Fsp3) is 0.450. The summed E-state index contributed by atoms with van der Waals surface area (Å²) in [5.41, 5.74) is 1.51. The van der Waals surface area contributed by atoms with E-state index in [0.717, 1.165) is 5.56 Å². The van der Waals surface area contributed by atoms with Crippen molar-refractivity contribution >= 4 is 28.3 Å². The molecule has 0 atom stereocenters. The lowest BCUT2D eigenvalue weighted by atomic mass is 10.1. The van der Waals surface area contributed by atoms with Crippen molar-refractivity contribution in [2.45, 2.75) is 20.3 Å². The minimum atomic E-state index is -0.293. The molecule has 2 aromatic rings. The Balaban J connectivity index is 1.46. The number of hydrogen-bond acceptors (Lipinski definition) is 5. The number of aromatic nitrogens is 1. The number of halogens is 1. The molecule has 0 radical (unpaired) electrons. The molecular weight excluding hydrogens is 379 g/mol. The average molecular weight is 405 g/mol. The van der Waals surface area contributed by atoms with Crippen LogP contribution in [0.4, 0.5) is 9.52 Å². The van der Waals surface area contributed by atoms with Gasteiger partial charge in [-0.1, -0.05) is 13.8 Å². The average Bonchev–Trinajstić information content (AvgIpc) is 3.10. The van der Waals surface area contributed by atoms with Crippen molar-refractivity contribution in [3.8, 4) is 11.3 Å². The fourth-order valence-electron chi connectivity index (χ4n) is 3.08. The van der Waals surface area contributed by atoms with E-state index in [9.17, 15) is 14.0 Å². The number of nitrogens with zero attached hydrogens (tertiary/aromatic N) is 3. The topological polar surface area (TPSA) is 65.5 Å². The normalized spacial score (nSPS) is 15.1. The van der Waals surface area contributed by atoms with E-state index in [0.29, 0.717) is 49.3 Å². The van der Waals surface area contributed by atoms with Gasteiger partial charge in [0.1, 0.15) is 5.82 Å². The number of carbonyl (C=O) groups excluding carboxylic acids is 2. The van der Waals surface area contributed by atoms with E-state index in [1.807, 2.05) is 29.0 Å². The van der Waals surface area contributed by atoms with E-state index < -0.39 is 0 Å². The summed E-state index contributed by atoms with van der Waals surface area (Å²) >= 11 is 1.34. The van der Waals surface area contributed by atoms with Crippen LogP contribution >= 0.6 is 11.3 Å². The van der Waals surface area contributed by atoms with Gasteiger partial charge in [0.05, 0.1) is 12.2 Å². The lowest BCUT2D eigenvalue weighted by Gasteiger charge is -2.34. The number of hydrogen-bond donors (Lipinski definition) is 1. The molecule has 2 heterocycles. The molecule has 1 aromatic carbocycles. The van der Waals surface area contributed by atoms with Crippen LogP contribution in [0, 0.1) is 11.7 Å². The molecular formula is C20H25FN4O2S. The van der Waals surface area contributed by atoms with Crippen LogP contribution in [0.3, 0.4) is 0 Å². The second-order valence-corrected chi connectivity index (χ2v) is 8.21. The Morgan fingerprint density at radius 3 is 2.50 bits per heavy atom. The summed E-state index contributed by atoms with van der Waals surface area (Å²) in [5, 5.41) is 5.18. The van der Waals surface area contributed by atoms with E-state index in [2.05, 4.69) is 10.3 Å². The molecule has 28 heavy (non-hydrogen) atoms. The molecule has 0 spiro atoms. The standard InChI is InChI=1S/C20H25FN4O2S/c1-14(2)11-19(27)25-9-7-24(8-10-25)12-18(26)23-20-22-17(13-28-20)15-3-5-16(21)6-4-15/h3-6,13-14H,7-12H2,1-2H3,(H,22,23,26). The van der Waals surface area contributed by atoms with Crippen LogP contribution in [0.1, 0.15) is 20.3 Å². The van der Waals surface area contributed by atoms with Gasteiger partial charge >= 0.3 is 0 Å². The molecule has 6 nitrogen and oxygen atoms in total. The molecule has 1 saturated heterocycles. The van der Waals surface area contributed by atoms with Gasteiger partial charge < -0.3 is 10.2 Å². The quantitative estimate of drug-likeness (QED) is 0.804. The highest BCUT2D eigenvalue weighted by molar-refractivity contribution is 7.14. The maximum absolute atomic E-state index is 13.0. The zero-order chi connectivity index (χ0) is 20.1. The molecule has 0 unspecified atom stereocenters. The van der Waals surface area contributed by atoms with Crippen molar-refractivity contribution in [2.24, 2.45) is 5.92 Å². The summed E-state index contributed by atoms with van der Waals surface area (Å²) in [7, 11) is 0. The second-order valence-electron chi connectivity index (χ2n) is 7.35. The number of nitrogens with one attached hydrogen (secondary N) is 1. The highest BCUT2D eigenvalue weighted by Gasteiger charge is 2.23. The molecule has 1 aliphatic heterocycles. The van der Waals surface area contributed by atoms with Crippen molar-refractivity contribution in [1.29, 1.82) is 0 Å². The molecule has 0 bridgehead atoms. The maximum atomic E-state index is 13.0. The third-order valence-corrected chi connectivity index (χ3v) is 5.32. The van der Waals surface area contributed by atoms with Gasteiger partial charge in [-0.05, 0) is 30.2 Å². The number of piperazine rings is 1. The number of benzene rings is 1. The van der Waals surface area contributed by atoms with E-state index in [-0.39, 0.29) is 24.2 Å². The molecule has 1 aromatic heterocycles. The van der Waals surface area contributed by atoms with Crippen molar-refractivity contribution in [3.63, 3.8) is 0 Å². The van der Waals surface area contributed by atoms with E-state index in [1.165, 1.54) is 23.5 Å². The first kappa shape index (κ1) is 20.4. The Morgan fingerprint density at radius 1 is 1.18 bits per heavy atom. The molecule has 150 valence electrons. The molecule has 3 rings (SSSR count). The van der Waals surface area contributed by atoms with Gasteiger partial charge in [-0.25, -0.2) is 9.37 Å². The SMILES string of the molecule is CC(C)CC(=O)N1CCN(CC(=O)Nc2nc(-c3ccc(F)cc3)cs2)CC1. The summed E-state index contributed by atoms with van der Waals surface area (Å²) in [4.78, 5) is 32.8. The lowest BCUT2D eigenvalue weighted by Crippen LogP contribution is -2.50. The van der Waals surface area contributed by atoms with E-state index in [4.69, 9.17) is 0 Å². The zero-order valence-corrected chi connectivity index (χ0v) is 17.0. The maximum Gasteiger partial charge on any atom is 0.240 e. The Kier molecular flexibility index (Phi) is 6.74. The molecule has 0 saturated carbocycles. The largest absolute Gasteiger partial charge is 0.340 e. The Labute approximate surface area is 168 Å². The van der Waals surface area contributed by atoms with Crippen molar-refractivity contribution in [1.82, 2.24) is 14.8 Å². The third-order valence-electron chi connectivity index (χ3n) is 4.57. The van der Waals surface area contributed by atoms with Crippen LogP contribution in [0.5, 0.6) is 0 Å². The van der Waals surface area contributed by atoms with Crippen LogP contribution in [-0.4, -0.2) is 59.3 Å². The first-order chi connectivity index (χ1) is 13.4. The van der Waals surface area contributed by atoms with Gasteiger partial charge in [0.15, 0.2) is 5.13 Å². The number of rotatable bonds is 6. The van der Waals surface area contributed by atoms with Crippen LogP contribution in [-0.2, 0) is 9.59 Å². The summed E-state index contributed by atoms with van der Waals surface area (Å²) in [5.74, 6) is 0.130. The lowest BCUT2D eigenvalue weighted by molar-refractivity contribution is -0.133. The number of thiazole rings is 1. The number of amides is 2. The first-order valence-corrected chi connectivity index (χ1v) is 10.3. The highest BCUT2D eigenvalue weighted by atomic mass is 32.1. The number of anilines is 1. The van der Waals surface area contributed by atoms with Crippen molar-refractivity contribution < 1.29 is 14.0 Å². The van der Waals surface area contributed by atoms with Crippen LogP contribution < -0.4 is 5.32 Å². The fourth-order valence-corrected chi connectivity index (χ4v) is 3.82. The van der Waals surface area contributed by atoms with E-state index >= 15 is 0 Å². The molecule has 1 N–H and O–H groups in total. The van der Waals surface area contributed by atoms with Gasteiger partial charge in [-0.3, -0.25) is 14.5 Å². The van der Waals surface area contributed by atoms with Crippen LogP contribution in [0.2, 0.25) is 0 Å². The Bertz CT molecular complexity index is 814. The Morgan fingerprint density at radius 2 is 1.86 bits per heavy atom. The zero-order valence-electron chi connectivity index (χ0n) is 16.2. The van der Waals surface area contributed by atoms with Crippen LogP contribution in [0.25, 0.3) is 11.3 Å². The molecule has 1 fully saturated rings. The van der Waals surface area contributed by atoms with Crippen molar-refractivity contribution in [2.75, 3.05) is 38.0 Å².